The van der Waals surface area contributed by atoms with Gasteiger partial charge >= 0.3 is 0 Å². The van der Waals surface area contributed by atoms with Gasteiger partial charge < -0.3 is 14.9 Å². The molecule has 1 atom stereocenters. The average Bonchev–Trinajstić information content (AvgIpc) is 2.51. The quantitative estimate of drug-likeness (QED) is 0.806. The van der Waals surface area contributed by atoms with Crippen LogP contribution in [0.2, 0.25) is 0 Å². The summed E-state index contributed by atoms with van der Waals surface area (Å²) in [7, 11) is 0. The third-order valence-electron chi connectivity index (χ3n) is 4.65. The van der Waals surface area contributed by atoms with E-state index in [0.717, 1.165) is 34.4 Å². The number of phenolic OH excluding ortho intramolecular Hbond substituents is 1. The molecule has 0 bridgehead atoms. The van der Waals surface area contributed by atoms with Crippen molar-refractivity contribution in [3.63, 3.8) is 0 Å². The van der Waals surface area contributed by atoms with E-state index < -0.39 is 6.10 Å². The van der Waals surface area contributed by atoms with Gasteiger partial charge in [0.15, 0.2) is 0 Å². The van der Waals surface area contributed by atoms with Gasteiger partial charge in [0.25, 0.3) is 0 Å². The van der Waals surface area contributed by atoms with Crippen molar-refractivity contribution in [1.82, 2.24) is 0 Å². The zero-order chi connectivity index (χ0) is 18.7. The normalized spacial score (nSPS) is 12.5. The first-order valence-corrected chi connectivity index (χ1v) is 8.89. The Morgan fingerprint density at radius 1 is 0.840 bits per heavy atom. The lowest BCUT2D eigenvalue weighted by atomic mass is 9.97. The van der Waals surface area contributed by atoms with Crippen molar-refractivity contribution < 1.29 is 14.9 Å². The summed E-state index contributed by atoms with van der Waals surface area (Å²) in [5, 5.41) is 19.9. The second-order valence-corrected chi connectivity index (χ2v) is 7.44. The summed E-state index contributed by atoms with van der Waals surface area (Å²) >= 11 is 0. The molecule has 0 fully saturated rings. The molecule has 136 valence electrons. The van der Waals surface area contributed by atoms with E-state index in [1.54, 1.807) is 0 Å². The van der Waals surface area contributed by atoms with Gasteiger partial charge in [0, 0.05) is 0 Å². The van der Waals surface area contributed by atoms with E-state index in [1.165, 1.54) is 11.1 Å². The van der Waals surface area contributed by atoms with Gasteiger partial charge in [-0.25, -0.2) is 0 Å². The molecule has 0 aromatic heterocycles. The van der Waals surface area contributed by atoms with Crippen LogP contribution in [0.1, 0.15) is 47.2 Å². The molecule has 2 aromatic carbocycles. The van der Waals surface area contributed by atoms with Gasteiger partial charge in [0.1, 0.15) is 18.1 Å². The molecule has 3 heteroatoms. The van der Waals surface area contributed by atoms with Crippen LogP contribution in [-0.2, 0) is 6.42 Å². The minimum absolute atomic E-state index is 0.181. The third-order valence-corrected chi connectivity index (χ3v) is 4.65. The zero-order valence-corrected chi connectivity index (χ0v) is 16.2. The third kappa shape index (κ3) is 4.76. The second-order valence-electron chi connectivity index (χ2n) is 7.44. The molecule has 0 amide bonds. The summed E-state index contributed by atoms with van der Waals surface area (Å²) in [6.07, 6.45) is 0.361. The summed E-state index contributed by atoms with van der Waals surface area (Å²) in [6.45, 7) is 12.2. The summed E-state index contributed by atoms with van der Waals surface area (Å²) in [6, 6.07) is 8.36. The topological polar surface area (TPSA) is 49.7 Å². The van der Waals surface area contributed by atoms with Crippen molar-refractivity contribution in [2.45, 2.75) is 54.1 Å². The van der Waals surface area contributed by atoms with Gasteiger partial charge in [-0.1, -0.05) is 38.1 Å². The van der Waals surface area contributed by atoms with Crippen molar-refractivity contribution in [3.05, 3.63) is 57.6 Å². The van der Waals surface area contributed by atoms with E-state index in [-0.39, 0.29) is 5.92 Å². The summed E-state index contributed by atoms with van der Waals surface area (Å²) in [4.78, 5) is 0. The predicted molar refractivity (Wildman–Crippen MR) is 103 cm³/mol. The Bertz CT molecular complexity index is 701. The molecule has 2 N–H and O–H groups in total. The number of benzene rings is 2. The van der Waals surface area contributed by atoms with E-state index in [0.29, 0.717) is 12.4 Å². The Labute approximate surface area is 151 Å². The minimum Gasteiger partial charge on any atom is -0.507 e. The van der Waals surface area contributed by atoms with Crippen LogP contribution in [0.5, 0.6) is 11.5 Å². The summed E-state index contributed by atoms with van der Waals surface area (Å²) in [5.74, 6) is 1.42. The Balaban J connectivity index is 2.19. The minimum atomic E-state index is -0.457. The van der Waals surface area contributed by atoms with Gasteiger partial charge in [-0.15, -0.1) is 0 Å². The van der Waals surface area contributed by atoms with Crippen LogP contribution in [-0.4, -0.2) is 22.9 Å². The molecule has 1 unspecified atom stereocenters. The van der Waals surface area contributed by atoms with Crippen LogP contribution in [0.4, 0.5) is 0 Å². The number of ether oxygens (including phenoxy) is 1. The number of phenols is 1. The molecule has 2 aromatic rings. The number of hydrogen-bond acceptors (Lipinski definition) is 3. The lowest BCUT2D eigenvalue weighted by molar-refractivity contribution is 0.0696. The Hall–Kier alpha value is -2.00. The molecule has 0 saturated carbocycles. The van der Waals surface area contributed by atoms with Gasteiger partial charge in [-0.2, -0.15) is 0 Å². The first kappa shape index (κ1) is 19.3. The fourth-order valence-electron chi connectivity index (χ4n) is 3.11. The SMILES string of the molecule is Cc1cc(Cc2cc(C)c(OCC(O)C(C)C)c(C)c2)cc(C)c1O. The molecule has 0 aliphatic heterocycles. The van der Waals surface area contributed by atoms with Gasteiger partial charge in [-0.3, -0.25) is 0 Å². The van der Waals surface area contributed by atoms with Crippen molar-refractivity contribution in [1.29, 1.82) is 0 Å². The molecule has 0 radical (unpaired) electrons. The Morgan fingerprint density at radius 3 is 1.72 bits per heavy atom. The maximum Gasteiger partial charge on any atom is 0.125 e. The highest BCUT2D eigenvalue weighted by atomic mass is 16.5. The molecular weight excluding hydrogens is 312 g/mol. The van der Waals surface area contributed by atoms with Crippen molar-refractivity contribution in [2.75, 3.05) is 6.61 Å². The fraction of sp³-hybridized carbons (Fsp3) is 0.455. The summed E-state index contributed by atoms with van der Waals surface area (Å²) < 4.78 is 5.87. The maximum atomic E-state index is 9.95. The second kappa shape index (κ2) is 7.92. The Morgan fingerprint density at radius 2 is 1.28 bits per heavy atom. The number of aliphatic hydroxyl groups excluding tert-OH is 1. The highest BCUT2D eigenvalue weighted by Crippen LogP contribution is 2.28. The first-order chi connectivity index (χ1) is 11.7. The number of aromatic hydroxyl groups is 1. The number of hydrogen-bond donors (Lipinski definition) is 2. The molecule has 0 saturated heterocycles. The fourth-order valence-corrected chi connectivity index (χ4v) is 3.11. The molecule has 0 aliphatic carbocycles. The van der Waals surface area contributed by atoms with Crippen molar-refractivity contribution in [2.24, 2.45) is 5.92 Å². The van der Waals surface area contributed by atoms with E-state index >= 15 is 0 Å². The molecule has 0 aliphatic rings. The largest absolute Gasteiger partial charge is 0.507 e. The van der Waals surface area contributed by atoms with Crippen LogP contribution in [0.15, 0.2) is 24.3 Å². The number of aliphatic hydroxyl groups is 1. The monoisotopic (exact) mass is 342 g/mol. The number of rotatable bonds is 6. The molecule has 3 nitrogen and oxygen atoms in total. The highest BCUT2D eigenvalue weighted by molar-refractivity contribution is 5.47. The predicted octanol–water partition coefficient (Wildman–Crippen LogP) is 4.61. The van der Waals surface area contributed by atoms with Crippen LogP contribution >= 0.6 is 0 Å². The summed E-state index contributed by atoms with van der Waals surface area (Å²) in [5.41, 5.74) is 6.39. The van der Waals surface area contributed by atoms with E-state index in [2.05, 4.69) is 12.1 Å². The maximum absolute atomic E-state index is 9.95. The first-order valence-electron chi connectivity index (χ1n) is 8.89. The van der Waals surface area contributed by atoms with Gasteiger partial charge in [-0.05, 0) is 73.4 Å². The lowest BCUT2D eigenvalue weighted by Gasteiger charge is -2.19. The van der Waals surface area contributed by atoms with Crippen LogP contribution in [0, 0.1) is 33.6 Å². The average molecular weight is 342 g/mol. The van der Waals surface area contributed by atoms with Crippen LogP contribution in [0.3, 0.4) is 0 Å². The highest BCUT2D eigenvalue weighted by Gasteiger charge is 2.13. The molecule has 25 heavy (non-hydrogen) atoms. The smallest absolute Gasteiger partial charge is 0.125 e. The van der Waals surface area contributed by atoms with Crippen molar-refractivity contribution in [3.8, 4) is 11.5 Å². The van der Waals surface area contributed by atoms with E-state index in [9.17, 15) is 10.2 Å². The van der Waals surface area contributed by atoms with E-state index in [4.69, 9.17) is 4.74 Å². The molecule has 0 spiro atoms. The van der Waals surface area contributed by atoms with E-state index in [1.807, 2.05) is 53.7 Å². The molecule has 0 heterocycles. The zero-order valence-electron chi connectivity index (χ0n) is 16.2. The molecular formula is C22H30O3. The van der Waals surface area contributed by atoms with Gasteiger partial charge in [0.2, 0.25) is 0 Å². The number of aryl methyl sites for hydroxylation is 4. The van der Waals surface area contributed by atoms with Crippen LogP contribution in [0.25, 0.3) is 0 Å². The molecule has 2 rings (SSSR count). The lowest BCUT2D eigenvalue weighted by Crippen LogP contribution is -2.23. The Kier molecular flexibility index (Phi) is 6.12. The van der Waals surface area contributed by atoms with Crippen molar-refractivity contribution >= 4 is 0 Å². The van der Waals surface area contributed by atoms with Gasteiger partial charge in [0.05, 0.1) is 6.10 Å². The van der Waals surface area contributed by atoms with Crippen LogP contribution < -0.4 is 4.74 Å². The standard InChI is InChI=1S/C22H30O3/c1-13(2)20(23)12-25-22-16(5)9-19(10-17(22)6)11-18-7-14(3)21(24)15(4)8-18/h7-10,13,20,23-24H,11-12H2,1-6H3.